The van der Waals surface area contributed by atoms with Crippen molar-refractivity contribution in [2.75, 3.05) is 14.2 Å². The van der Waals surface area contributed by atoms with E-state index >= 15 is 0 Å². The van der Waals surface area contributed by atoms with Gasteiger partial charge >= 0.3 is 5.97 Å². The zero-order valence-corrected chi connectivity index (χ0v) is 9.34. The number of aliphatic hydroxyl groups excluding tert-OH is 1. The second-order valence-electron chi connectivity index (χ2n) is 3.20. The number of carbonyl (C=O) groups excluding carboxylic acids is 1. The molecular weight excluding hydrogens is 228 g/mol. The number of ether oxygens (including phenoxy) is 2. The Hall–Kier alpha value is -2.08. The highest BCUT2D eigenvalue weighted by Crippen LogP contribution is 2.35. The molecule has 0 aliphatic rings. The van der Waals surface area contributed by atoms with Crippen LogP contribution in [0.2, 0.25) is 0 Å². The van der Waals surface area contributed by atoms with Gasteiger partial charge in [-0.2, -0.15) is 0 Å². The van der Waals surface area contributed by atoms with E-state index < -0.39 is 12.1 Å². The van der Waals surface area contributed by atoms with Crippen LogP contribution in [0.5, 0.6) is 11.5 Å². The molecular formula is C11H12O6. The first kappa shape index (κ1) is 13.0. The molecule has 1 rings (SSSR count). The molecule has 1 atom stereocenters. The highest BCUT2D eigenvalue weighted by Gasteiger charge is 2.23. The van der Waals surface area contributed by atoms with E-state index in [1.165, 1.54) is 26.4 Å². The van der Waals surface area contributed by atoms with Gasteiger partial charge in [0.1, 0.15) is 6.29 Å². The third kappa shape index (κ3) is 2.54. The number of carboxylic acids is 1. The smallest absolute Gasteiger partial charge is 0.337 e. The van der Waals surface area contributed by atoms with E-state index in [9.17, 15) is 14.7 Å². The number of carbonyl (C=O) groups is 2. The maximum Gasteiger partial charge on any atom is 0.337 e. The molecule has 0 radical (unpaired) electrons. The molecule has 0 amide bonds. The van der Waals surface area contributed by atoms with Crippen molar-refractivity contribution in [2.24, 2.45) is 0 Å². The van der Waals surface area contributed by atoms with E-state index in [-0.39, 0.29) is 22.6 Å². The molecule has 17 heavy (non-hydrogen) atoms. The first-order valence-electron chi connectivity index (χ1n) is 4.67. The molecule has 0 saturated heterocycles. The van der Waals surface area contributed by atoms with Gasteiger partial charge in [0.25, 0.3) is 0 Å². The Morgan fingerprint density at radius 2 is 2.00 bits per heavy atom. The maximum atomic E-state index is 10.7. The number of aliphatic hydroxyl groups is 1. The van der Waals surface area contributed by atoms with Gasteiger partial charge in [-0.3, -0.25) is 4.79 Å². The number of aliphatic carboxylic acids is 1. The van der Waals surface area contributed by atoms with Gasteiger partial charge in [0.05, 0.1) is 14.2 Å². The Bertz CT molecular complexity index is 440. The van der Waals surface area contributed by atoms with Gasteiger partial charge in [0.15, 0.2) is 17.6 Å². The molecule has 0 bridgehead atoms. The monoisotopic (exact) mass is 240 g/mol. The third-order valence-corrected chi connectivity index (χ3v) is 2.19. The molecule has 1 aromatic rings. The summed E-state index contributed by atoms with van der Waals surface area (Å²) in [6, 6.07) is 2.64. The minimum atomic E-state index is -1.78. The second kappa shape index (κ2) is 5.31. The average Bonchev–Trinajstić information content (AvgIpc) is 2.35. The lowest BCUT2D eigenvalue weighted by atomic mass is 10.0. The molecule has 6 heteroatoms. The number of methoxy groups -OCH3 is 2. The molecule has 6 nitrogen and oxygen atoms in total. The lowest BCUT2D eigenvalue weighted by Gasteiger charge is -2.15. The lowest BCUT2D eigenvalue weighted by molar-refractivity contribution is -0.147. The van der Waals surface area contributed by atoms with Crippen LogP contribution in [0, 0.1) is 0 Å². The molecule has 0 fully saturated rings. The molecule has 0 saturated carbocycles. The number of aldehydes is 1. The third-order valence-electron chi connectivity index (χ3n) is 2.19. The maximum absolute atomic E-state index is 10.7. The Morgan fingerprint density at radius 3 is 2.41 bits per heavy atom. The summed E-state index contributed by atoms with van der Waals surface area (Å²) < 4.78 is 9.94. The van der Waals surface area contributed by atoms with Crippen LogP contribution in [-0.2, 0) is 4.79 Å². The zero-order valence-electron chi connectivity index (χ0n) is 9.34. The van der Waals surface area contributed by atoms with Gasteiger partial charge in [-0.1, -0.05) is 0 Å². The van der Waals surface area contributed by atoms with Gasteiger partial charge in [-0.05, 0) is 12.1 Å². The topological polar surface area (TPSA) is 93.1 Å². The van der Waals surface area contributed by atoms with Crippen LogP contribution in [0.1, 0.15) is 22.0 Å². The van der Waals surface area contributed by atoms with Crippen LogP contribution in [-0.4, -0.2) is 36.7 Å². The average molecular weight is 240 g/mol. The fourth-order valence-corrected chi connectivity index (χ4v) is 1.42. The molecule has 1 unspecified atom stereocenters. The van der Waals surface area contributed by atoms with Crippen molar-refractivity contribution in [2.45, 2.75) is 6.10 Å². The van der Waals surface area contributed by atoms with E-state index in [0.29, 0.717) is 6.29 Å². The number of hydrogen-bond acceptors (Lipinski definition) is 5. The van der Waals surface area contributed by atoms with Crippen molar-refractivity contribution < 1.29 is 29.3 Å². The predicted octanol–water partition coefficient (Wildman–Crippen LogP) is 0.634. The minimum absolute atomic E-state index is 0.0264. The van der Waals surface area contributed by atoms with Crippen LogP contribution in [0.3, 0.4) is 0 Å². The molecule has 1 aromatic carbocycles. The molecule has 0 spiro atoms. The van der Waals surface area contributed by atoms with Crippen molar-refractivity contribution in [3.63, 3.8) is 0 Å². The van der Waals surface area contributed by atoms with Gasteiger partial charge in [-0.15, -0.1) is 0 Å². The van der Waals surface area contributed by atoms with Gasteiger partial charge in [-0.25, -0.2) is 4.79 Å². The van der Waals surface area contributed by atoms with E-state index in [2.05, 4.69) is 0 Å². The summed E-state index contributed by atoms with van der Waals surface area (Å²) in [5, 5.41) is 18.2. The summed E-state index contributed by atoms with van der Waals surface area (Å²) in [5.41, 5.74) is 0.166. The highest BCUT2D eigenvalue weighted by atomic mass is 16.5. The zero-order chi connectivity index (χ0) is 13.0. The molecule has 2 N–H and O–H groups in total. The summed E-state index contributed by atoms with van der Waals surface area (Å²) in [7, 11) is 2.67. The normalized spacial score (nSPS) is 11.7. The fraction of sp³-hybridized carbons (Fsp3) is 0.273. The van der Waals surface area contributed by atoms with Crippen LogP contribution < -0.4 is 9.47 Å². The first-order valence-corrected chi connectivity index (χ1v) is 4.67. The molecule has 0 heterocycles. The Balaban J connectivity index is 3.43. The quantitative estimate of drug-likeness (QED) is 0.733. The summed E-state index contributed by atoms with van der Waals surface area (Å²) in [6.07, 6.45) is -1.25. The van der Waals surface area contributed by atoms with Crippen LogP contribution in [0.15, 0.2) is 12.1 Å². The van der Waals surface area contributed by atoms with E-state index in [0.717, 1.165) is 0 Å². The van der Waals surface area contributed by atoms with Crippen LogP contribution in [0.25, 0.3) is 0 Å². The number of rotatable bonds is 5. The summed E-state index contributed by atoms with van der Waals surface area (Å²) in [4.78, 5) is 21.4. The van der Waals surface area contributed by atoms with Crippen LogP contribution >= 0.6 is 0 Å². The second-order valence-corrected chi connectivity index (χ2v) is 3.20. The van der Waals surface area contributed by atoms with E-state index in [1.54, 1.807) is 0 Å². The van der Waals surface area contributed by atoms with Gasteiger partial charge in [0, 0.05) is 11.1 Å². The predicted molar refractivity (Wildman–Crippen MR) is 57.5 cm³/mol. The first-order chi connectivity index (χ1) is 8.04. The number of benzene rings is 1. The summed E-state index contributed by atoms with van der Waals surface area (Å²) in [6.45, 7) is 0. The van der Waals surface area contributed by atoms with Crippen molar-refractivity contribution in [3.8, 4) is 11.5 Å². The molecule has 0 aliphatic heterocycles. The summed E-state index contributed by atoms with van der Waals surface area (Å²) in [5.74, 6) is -1.16. The summed E-state index contributed by atoms with van der Waals surface area (Å²) >= 11 is 0. The van der Waals surface area contributed by atoms with E-state index in [4.69, 9.17) is 14.6 Å². The molecule has 92 valence electrons. The lowest BCUT2D eigenvalue weighted by Crippen LogP contribution is -2.12. The Kier molecular flexibility index (Phi) is 4.06. The fourth-order valence-electron chi connectivity index (χ4n) is 1.42. The highest BCUT2D eigenvalue weighted by molar-refractivity contribution is 5.81. The SMILES string of the molecule is COc1cc(C=O)cc(C(O)C(=O)O)c1OC. The number of carboxylic acid groups (broad SMARTS) is 1. The van der Waals surface area contributed by atoms with Gasteiger partial charge in [0.2, 0.25) is 0 Å². The largest absolute Gasteiger partial charge is 0.493 e. The van der Waals surface area contributed by atoms with Gasteiger partial charge < -0.3 is 19.7 Å². The Morgan fingerprint density at radius 1 is 1.35 bits per heavy atom. The Labute approximate surface area is 97.4 Å². The van der Waals surface area contributed by atoms with Crippen LogP contribution in [0.4, 0.5) is 0 Å². The van der Waals surface area contributed by atoms with Crippen molar-refractivity contribution in [1.82, 2.24) is 0 Å². The van der Waals surface area contributed by atoms with Crippen molar-refractivity contribution in [3.05, 3.63) is 23.3 Å². The van der Waals surface area contributed by atoms with E-state index in [1.807, 2.05) is 0 Å². The van der Waals surface area contributed by atoms with Crippen molar-refractivity contribution >= 4 is 12.3 Å². The molecule has 0 aromatic heterocycles. The minimum Gasteiger partial charge on any atom is -0.493 e. The molecule has 0 aliphatic carbocycles. The standard InChI is InChI=1S/C11H12O6/c1-16-8-4-6(5-12)3-7(10(8)17-2)9(13)11(14)15/h3-5,9,13H,1-2H3,(H,14,15). The number of hydrogen-bond donors (Lipinski definition) is 2. The van der Waals surface area contributed by atoms with Crippen molar-refractivity contribution in [1.29, 1.82) is 0 Å².